The van der Waals surface area contributed by atoms with Gasteiger partial charge in [-0.2, -0.15) is 0 Å². The Labute approximate surface area is 114 Å². The van der Waals surface area contributed by atoms with Crippen LogP contribution in [0.15, 0.2) is 12.1 Å². The topological polar surface area (TPSA) is 53.4 Å². The Bertz CT molecular complexity index is 467. The molecule has 1 aromatic heterocycles. The third kappa shape index (κ3) is 3.46. The number of aromatic carboxylic acids is 1. The molecule has 1 aromatic rings. The van der Waals surface area contributed by atoms with E-state index in [1.165, 1.54) is 12.8 Å². The lowest BCUT2D eigenvalue weighted by Gasteiger charge is -2.25. The first-order chi connectivity index (χ1) is 8.99. The largest absolute Gasteiger partial charge is 0.478 e. The zero-order valence-electron chi connectivity index (χ0n) is 11.9. The van der Waals surface area contributed by atoms with Gasteiger partial charge in [0.15, 0.2) is 0 Å². The van der Waals surface area contributed by atoms with Crippen LogP contribution in [-0.4, -0.2) is 28.6 Å². The zero-order valence-corrected chi connectivity index (χ0v) is 11.9. The van der Waals surface area contributed by atoms with Crippen LogP contribution in [0.4, 0.5) is 5.82 Å². The number of carbonyl (C=O) groups is 1. The fourth-order valence-electron chi connectivity index (χ4n) is 2.20. The second-order valence-corrected chi connectivity index (χ2v) is 5.71. The molecule has 0 saturated heterocycles. The Morgan fingerprint density at radius 1 is 1.47 bits per heavy atom. The lowest BCUT2D eigenvalue weighted by Crippen LogP contribution is -2.29. The van der Waals surface area contributed by atoms with E-state index < -0.39 is 5.97 Å². The van der Waals surface area contributed by atoms with Crippen LogP contribution >= 0.6 is 0 Å². The summed E-state index contributed by atoms with van der Waals surface area (Å²) in [5, 5.41) is 9.04. The predicted octanol–water partition coefficient (Wildman–Crippen LogP) is 3.10. The molecule has 0 bridgehead atoms. The number of aromatic nitrogens is 1. The molecule has 1 aliphatic rings. The molecule has 1 saturated carbocycles. The number of pyridine rings is 1. The third-order valence-electron chi connectivity index (χ3n) is 3.53. The number of carboxylic acid groups (broad SMARTS) is 1. The van der Waals surface area contributed by atoms with Gasteiger partial charge < -0.3 is 10.0 Å². The molecule has 4 nitrogen and oxygen atoms in total. The normalized spacial score (nSPS) is 14.7. The van der Waals surface area contributed by atoms with E-state index in [0.717, 1.165) is 18.8 Å². The quantitative estimate of drug-likeness (QED) is 0.856. The molecule has 0 radical (unpaired) electrons. The van der Waals surface area contributed by atoms with Crippen molar-refractivity contribution in [3.05, 3.63) is 23.4 Å². The molecule has 0 atom stereocenters. The molecular weight excluding hydrogens is 240 g/mol. The van der Waals surface area contributed by atoms with Crippen molar-refractivity contribution in [3.8, 4) is 0 Å². The Morgan fingerprint density at radius 2 is 2.16 bits per heavy atom. The Kier molecular flexibility index (Phi) is 4.08. The summed E-state index contributed by atoms with van der Waals surface area (Å²) in [6.07, 6.45) is 3.58. The molecule has 0 aromatic carbocycles. The fraction of sp³-hybridized carbons (Fsp3) is 0.600. The Balaban J connectivity index is 2.17. The molecule has 1 fully saturated rings. The molecule has 19 heavy (non-hydrogen) atoms. The predicted molar refractivity (Wildman–Crippen MR) is 75.8 cm³/mol. The molecule has 4 heteroatoms. The van der Waals surface area contributed by atoms with Crippen molar-refractivity contribution < 1.29 is 9.90 Å². The van der Waals surface area contributed by atoms with Crippen LogP contribution < -0.4 is 4.90 Å². The summed E-state index contributed by atoms with van der Waals surface area (Å²) in [5.74, 6) is 0.683. The molecule has 1 aliphatic carbocycles. The number of hydrogen-bond acceptors (Lipinski definition) is 3. The van der Waals surface area contributed by atoms with Crippen molar-refractivity contribution in [1.82, 2.24) is 4.98 Å². The highest BCUT2D eigenvalue weighted by atomic mass is 16.4. The van der Waals surface area contributed by atoms with Gasteiger partial charge >= 0.3 is 5.97 Å². The highest BCUT2D eigenvalue weighted by Gasteiger charge is 2.30. The molecule has 0 unspecified atom stereocenters. The van der Waals surface area contributed by atoms with Gasteiger partial charge in [-0.3, -0.25) is 0 Å². The van der Waals surface area contributed by atoms with Crippen LogP contribution in [0.25, 0.3) is 0 Å². The van der Waals surface area contributed by atoms with Crippen LogP contribution in [0.1, 0.15) is 49.2 Å². The lowest BCUT2D eigenvalue weighted by molar-refractivity contribution is 0.0695. The number of anilines is 1. The van der Waals surface area contributed by atoms with E-state index in [2.05, 4.69) is 23.7 Å². The second-order valence-electron chi connectivity index (χ2n) is 5.71. The van der Waals surface area contributed by atoms with E-state index in [9.17, 15) is 4.79 Å². The maximum absolute atomic E-state index is 11.0. The maximum Gasteiger partial charge on any atom is 0.337 e. The third-order valence-corrected chi connectivity index (χ3v) is 3.53. The number of rotatable bonds is 6. The standard InChI is InChI=1S/C15H22N2O2/c1-10(2)8-9-17(12-4-5-12)14-7-6-13(15(18)19)11(3)16-14/h6-7,10,12H,4-5,8-9H2,1-3H3,(H,18,19). The van der Waals surface area contributed by atoms with Gasteiger partial charge in [0.05, 0.1) is 11.3 Å². The van der Waals surface area contributed by atoms with Gasteiger partial charge in [0.2, 0.25) is 0 Å². The summed E-state index contributed by atoms with van der Waals surface area (Å²) in [4.78, 5) is 17.8. The van der Waals surface area contributed by atoms with Gasteiger partial charge in [0.25, 0.3) is 0 Å². The van der Waals surface area contributed by atoms with Crippen LogP contribution in [0.2, 0.25) is 0 Å². The van der Waals surface area contributed by atoms with Crippen molar-refractivity contribution >= 4 is 11.8 Å². The van der Waals surface area contributed by atoms with E-state index in [1.807, 2.05) is 6.07 Å². The van der Waals surface area contributed by atoms with Crippen LogP contribution in [0.3, 0.4) is 0 Å². The van der Waals surface area contributed by atoms with Crippen LogP contribution in [0.5, 0.6) is 0 Å². The highest BCUT2D eigenvalue weighted by Crippen LogP contribution is 2.31. The minimum Gasteiger partial charge on any atom is -0.478 e. The van der Waals surface area contributed by atoms with Crippen molar-refractivity contribution in [2.45, 2.75) is 46.1 Å². The first-order valence-electron chi connectivity index (χ1n) is 6.96. The van der Waals surface area contributed by atoms with Crippen molar-refractivity contribution in [3.63, 3.8) is 0 Å². The minimum atomic E-state index is -0.906. The van der Waals surface area contributed by atoms with Gasteiger partial charge in [0, 0.05) is 12.6 Å². The SMILES string of the molecule is Cc1nc(N(CCC(C)C)C2CC2)ccc1C(=O)O. The summed E-state index contributed by atoms with van der Waals surface area (Å²) in [6, 6.07) is 4.11. The van der Waals surface area contributed by atoms with E-state index >= 15 is 0 Å². The number of hydrogen-bond donors (Lipinski definition) is 1. The van der Waals surface area contributed by atoms with E-state index in [4.69, 9.17) is 5.11 Å². The average molecular weight is 262 g/mol. The second kappa shape index (κ2) is 5.59. The number of aryl methyl sites for hydroxylation is 1. The number of carboxylic acids is 1. The van der Waals surface area contributed by atoms with Gasteiger partial charge in [0.1, 0.15) is 5.82 Å². The summed E-state index contributed by atoms with van der Waals surface area (Å²) in [5.41, 5.74) is 0.892. The van der Waals surface area contributed by atoms with E-state index in [-0.39, 0.29) is 0 Å². The lowest BCUT2D eigenvalue weighted by atomic mass is 10.1. The minimum absolute atomic E-state index is 0.295. The van der Waals surface area contributed by atoms with E-state index in [1.54, 1.807) is 13.0 Å². The molecular formula is C15H22N2O2. The first-order valence-corrected chi connectivity index (χ1v) is 6.96. The van der Waals surface area contributed by atoms with Crippen molar-refractivity contribution in [2.75, 3.05) is 11.4 Å². The monoisotopic (exact) mass is 262 g/mol. The highest BCUT2D eigenvalue weighted by molar-refractivity contribution is 5.89. The van der Waals surface area contributed by atoms with Gasteiger partial charge in [-0.25, -0.2) is 9.78 Å². The average Bonchev–Trinajstić information content (AvgIpc) is 3.13. The summed E-state index contributed by atoms with van der Waals surface area (Å²) >= 11 is 0. The molecule has 1 heterocycles. The summed E-state index contributed by atoms with van der Waals surface area (Å²) in [6.45, 7) is 7.20. The first kappa shape index (κ1) is 13.8. The maximum atomic E-state index is 11.0. The van der Waals surface area contributed by atoms with E-state index in [0.29, 0.717) is 23.2 Å². The Morgan fingerprint density at radius 3 is 2.63 bits per heavy atom. The molecule has 1 N–H and O–H groups in total. The van der Waals surface area contributed by atoms with Gasteiger partial charge in [-0.1, -0.05) is 13.8 Å². The molecule has 2 rings (SSSR count). The Hall–Kier alpha value is -1.58. The molecule has 0 spiro atoms. The van der Waals surface area contributed by atoms with Gasteiger partial charge in [-0.15, -0.1) is 0 Å². The smallest absolute Gasteiger partial charge is 0.337 e. The molecule has 0 aliphatic heterocycles. The zero-order chi connectivity index (χ0) is 14.0. The molecule has 0 amide bonds. The summed E-state index contributed by atoms with van der Waals surface area (Å²) in [7, 11) is 0. The molecule has 104 valence electrons. The number of nitrogens with zero attached hydrogens (tertiary/aromatic N) is 2. The van der Waals surface area contributed by atoms with Crippen LogP contribution in [0, 0.1) is 12.8 Å². The van der Waals surface area contributed by atoms with Crippen molar-refractivity contribution in [1.29, 1.82) is 0 Å². The fourth-order valence-corrected chi connectivity index (χ4v) is 2.20. The van der Waals surface area contributed by atoms with Gasteiger partial charge in [-0.05, 0) is 44.2 Å². The van der Waals surface area contributed by atoms with Crippen molar-refractivity contribution in [2.24, 2.45) is 5.92 Å². The van der Waals surface area contributed by atoms with Crippen LogP contribution in [-0.2, 0) is 0 Å². The summed E-state index contributed by atoms with van der Waals surface area (Å²) < 4.78 is 0.